The van der Waals surface area contributed by atoms with Gasteiger partial charge in [0.1, 0.15) is 22.4 Å². The van der Waals surface area contributed by atoms with Crippen LogP contribution in [-0.2, 0) is 14.8 Å². The van der Waals surface area contributed by atoms with Gasteiger partial charge in [0.25, 0.3) is 0 Å². The van der Waals surface area contributed by atoms with Gasteiger partial charge in [-0.25, -0.2) is 8.42 Å². The van der Waals surface area contributed by atoms with Gasteiger partial charge in [-0.15, -0.1) is 11.8 Å². The molecule has 1 aliphatic heterocycles. The average molecular weight is 333 g/mol. The molecule has 1 fully saturated rings. The molecule has 0 aromatic heterocycles. The van der Waals surface area contributed by atoms with Crippen molar-refractivity contribution in [2.75, 3.05) is 25.8 Å². The van der Waals surface area contributed by atoms with Crippen LogP contribution in [0.25, 0.3) is 0 Å². The molecule has 0 radical (unpaired) electrons. The Morgan fingerprint density at radius 3 is 2.67 bits per heavy atom. The third-order valence-electron chi connectivity index (χ3n) is 3.08. The van der Waals surface area contributed by atoms with Crippen molar-refractivity contribution in [2.24, 2.45) is 0 Å². The van der Waals surface area contributed by atoms with E-state index in [4.69, 9.17) is 14.6 Å². The fourth-order valence-corrected chi connectivity index (χ4v) is 5.28. The molecule has 1 saturated heterocycles. The van der Waals surface area contributed by atoms with Crippen molar-refractivity contribution in [2.45, 2.75) is 10.9 Å². The number of thioether (sulfide) groups is 1. The summed E-state index contributed by atoms with van der Waals surface area (Å²) in [6, 6.07) is 3.31. The van der Waals surface area contributed by atoms with Crippen LogP contribution in [0.15, 0.2) is 23.1 Å². The van der Waals surface area contributed by atoms with Crippen LogP contribution in [0.3, 0.4) is 0 Å². The highest BCUT2D eigenvalue weighted by molar-refractivity contribution is 8.00. The molecular weight excluding hydrogens is 318 g/mol. The number of carboxylic acids is 1. The van der Waals surface area contributed by atoms with E-state index in [1.165, 1.54) is 38.1 Å². The number of carboxylic acid groups (broad SMARTS) is 1. The van der Waals surface area contributed by atoms with Gasteiger partial charge < -0.3 is 14.6 Å². The number of carbonyl (C=O) groups is 1. The quantitative estimate of drug-likeness (QED) is 0.854. The summed E-state index contributed by atoms with van der Waals surface area (Å²) in [5, 5.41) is 9.15. The molecule has 21 heavy (non-hydrogen) atoms. The summed E-state index contributed by atoms with van der Waals surface area (Å²) in [7, 11) is -1.21. The second-order valence-electron chi connectivity index (χ2n) is 4.26. The minimum Gasteiger partial charge on any atom is -0.497 e. The van der Waals surface area contributed by atoms with Crippen molar-refractivity contribution in [1.82, 2.24) is 4.31 Å². The van der Waals surface area contributed by atoms with Crippen LogP contribution in [0.5, 0.6) is 11.5 Å². The lowest BCUT2D eigenvalue weighted by Gasteiger charge is -2.21. The number of aliphatic carboxylic acids is 1. The van der Waals surface area contributed by atoms with Gasteiger partial charge in [-0.1, -0.05) is 0 Å². The van der Waals surface area contributed by atoms with Crippen LogP contribution in [0.2, 0.25) is 0 Å². The zero-order valence-electron chi connectivity index (χ0n) is 11.5. The molecule has 7 nitrogen and oxygen atoms in total. The Bertz CT molecular complexity index is 645. The maximum absolute atomic E-state index is 12.7. The summed E-state index contributed by atoms with van der Waals surface area (Å²) in [5.74, 6) is -0.337. The molecule has 1 atom stereocenters. The van der Waals surface area contributed by atoms with Gasteiger partial charge in [0, 0.05) is 11.8 Å². The van der Waals surface area contributed by atoms with E-state index in [0.29, 0.717) is 5.75 Å². The second-order valence-corrected chi connectivity index (χ2v) is 7.12. The number of ether oxygens (including phenoxy) is 2. The van der Waals surface area contributed by atoms with E-state index in [-0.39, 0.29) is 22.3 Å². The largest absolute Gasteiger partial charge is 0.497 e. The van der Waals surface area contributed by atoms with E-state index < -0.39 is 22.0 Å². The first kappa shape index (κ1) is 15.9. The second kappa shape index (κ2) is 6.12. The molecular formula is C12H15NO6S2. The van der Waals surface area contributed by atoms with Crippen LogP contribution in [0.4, 0.5) is 0 Å². The number of methoxy groups -OCH3 is 2. The van der Waals surface area contributed by atoms with E-state index in [2.05, 4.69) is 0 Å². The number of rotatable bonds is 5. The normalized spacial score (nSPS) is 19.4. The number of hydrogen-bond donors (Lipinski definition) is 1. The molecule has 0 bridgehead atoms. The van der Waals surface area contributed by atoms with Gasteiger partial charge in [-0.05, 0) is 12.1 Å². The fraction of sp³-hybridized carbons (Fsp3) is 0.417. The lowest BCUT2D eigenvalue weighted by atomic mass is 10.3. The zero-order valence-corrected chi connectivity index (χ0v) is 13.1. The molecule has 1 aromatic rings. The molecule has 0 spiro atoms. The maximum Gasteiger partial charge on any atom is 0.322 e. The highest BCUT2D eigenvalue weighted by Crippen LogP contribution is 2.34. The predicted molar refractivity (Wildman–Crippen MR) is 77.3 cm³/mol. The van der Waals surface area contributed by atoms with Crippen molar-refractivity contribution in [3.05, 3.63) is 18.2 Å². The molecule has 1 heterocycles. The Hall–Kier alpha value is -1.45. The summed E-state index contributed by atoms with van der Waals surface area (Å²) >= 11 is 1.26. The molecule has 0 aliphatic carbocycles. The lowest BCUT2D eigenvalue weighted by Crippen LogP contribution is -2.41. The molecule has 9 heteroatoms. The van der Waals surface area contributed by atoms with Crippen molar-refractivity contribution < 1.29 is 27.8 Å². The van der Waals surface area contributed by atoms with E-state index >= 15 is 0 Å². The highest BCUT2D eigenvalue weighted by atomic mass is 32.2. The molecule has 2 rings (SSSR count). The number of hydrogen-bond acceptors (Lipinski definition) is 6. The number of sulfonamides is 1. The van der Waals surface area contributed by atoms with Gasteiger partial charge >= 0.3 is 5.97 Å². The summed E-state index contributed by atoms with van der Waals surface area (Å²) in [5.41, 5.74) is 0. The SMILES string of the molecule is COc1ccc(OC)c(S(=O)(=O)N2CSC[C@H]2C(=O)O)c1. The smallest absolute Gasteiger partial charge is 0.322 e. The van der Waals surface area contributed by atoms with Crippen molar-refractivity contribution in [3.8, 4) is 11.5 Å². The zero-order chi connectivity index (χ0) is 15.6. The first-order valence-electron chi connectivity index (χ1n) is 5.96. The number of nitrogens with zero attached hydrogens (tertiary/aromatic N) is 1. The monoisotopic (exact) mass is 333 g/mol. The molecule has 1 N–H and O–H groups in total. The molecule has 1 aromatic carbocycles. The van der Waals surface area contributed by atoms with Gasteiger partial charge in [-0.3, -0.25) is 4.79 Å². The topological polar surface area (TPSA) is 93.1 Å². The molecule has 0 unspecified atom stereocenters. The maximum atomic E-state index is 12.7. The molecule has 1 aliphatic rings. The van der Waals surface area contributed by atoms with Crippen LogP contribution in [0, 0.1) is 0 Å². The standard InChI is InChI=1S/C12H15NO6S2/c1-18-8-3-4-10(19-2)11(5-8)21(16,17)13-7-20-6-9(13)12(14)15/h3-5,9H,6-7H2,1-2H3,(H,14,15)/t9-/m0/s1. The predicted octanol–water partition coefficient (Wildman–Crippen LogP) is 0.852. The minimum atomic E-state index is -3.98. The van der Waals surface area contributed by atoms with Crippen molar-refractivity contribution in [3.63, 3.8) is 0 Å². The Balaban J connectivity index is 2.50. The summed E-state index contributed by atoms with van der Waals surface area (Å²) in [6.07, 6.45) is 0. The van der Waals surface area contributed by atoms with E-state index in [9.17, 15) is 13.2 Å². The fourth-order valence-electron chi connectivity index (χ4n) is 1.97. The van der Waals surface area contributed by atoms with Gasteiger partial charge in [-0.2, -0.15) is 4.31 Å². The Labute approximate surface area is 126 Å². The van der Waals surface area contributed by atoms with Crippen LogP contribution < -0.4 is 9.47 Å². The van der Waals surface area contributed by atoms with Crippen LogP contribution in [-0.4, -0.2) is 55.7 Å². The van der Waals surface area contributed by atoms with Gasteiger partial charge in [0.15, 0.2) is 0 Å². The van der Waals surface area contributed by atoms with Crippen molar-refractivity contribution in [1.29, 1.82) is 0 Å². The van der Waals surface area contributed by atoms with E-state index in [0.717, 1.165) is 4.31 Å². The first-order chi connectivity index (χ1) is 9.91. The van der Waals surface area contributed by atoms with Crippen molar-refractivity contribution >= 4 is 27.8 Å². The molecule has 116 valence electrons. The summed E-state index contributed by atoms with van der Waals surface area (Å²) < 4.78 is 36.5. The minimum absolute atomic E-state index is 0.0969. The van der Waals surface area contributed by atoms with Gasteiger partial charge in [0.2, 0.25) is 10.0 Å². The summed E-state index contributed by atoms with van der Waals surface area (Å²) in [4.78, 5) is 11.1. The molecule has 0 saturated carbocycles. The Morgan fingerprint density at radius 2 is 2.10 bits per heavy atom. The Kier molecular flexibility index (Phi) is 4.64. The third-order valence-corrected chi connectivity index (χ3v) is 6.14. The van der Waals surface area contributed by atoms with E-state index in [1.54, 1.807) is 6.07 Å². The Morgan fingerprint density at radius 1 is 1.38 bits per heavy atom. The van der Waals surface area contributed by atoms with Crippen LogP contribution >= 0.6 is 11.8 Å². The summed E-state index contributed by atoms with van der Waals surface area (Å²) in [6.45, 7) is 0. The lowest BCUT2D eigenvalue weighted by molar-refractivity contribution is -0.140. The van der Waals surface area contributed by atoms with Gasteiger partial charge in [0.05, 0.1) is 20.1 Å². The highest BCUT2D eigenvalue weighted by Gasteiger charge is 2.41. The number of benzene rings is 1. The third kappa shape index (κ3) is 2.94. The average Bonchev–Trinajstić information content (AvgIpc) is 2.97. The first-order valence-corrected chi connectivity index (χ1v) is 8.55. The van der Waals surface area contributed by atoms with Crippen LogP contribution in [0.1, 0.15) is 0 Å². The van der Waals surface area contributed by atoms with E-state index in [1.807, 2.05) is 0 Å². The molecule has 0 amide bonds.